The first-order chi connectivity index (χ1) is 14.0. The largest absolute Gasteiger partial charge is 0.325 e. The number of carbonyl (C=O) groups is 2. The number of benzene rings is 2. The Balaban J connectivity index is 1.40. The van der Waals surface area contributed by atoms with Crippen molar-refractivity contribution in [2.24, 2.45) is 0 Å². The summed E-state index contributed by atoms with van der Waals surface area (Å²) in [5, 5.41) is 7.28. The van der Waals surface area contributed by atoms with Crippen molar-refractivity contribution >= 4 is 81.4 Å². The summed E-state index contributed by atoms with van der Waals surface area (Å²) >= 11 is 15.4. The lowest BCUT2D eigenvalue weighted by Gasteiger charge is -2.04. The third-order valence-electron chi connectivity index (χ3n) is 3.30. The van der Waals surface area contributed by atoms with Crippen LogP contribution in [-0.4, -0.2) is 32.7 Å². The molecule has 3 aromatic rings. The molecule has 0 fully saturated rings. The minimum Gasteiger partial charge on any atom is -0.325 e. The number of anilines is 2. The topological polar surface area (TPSA) is 84.0 Å². The molecule has 0 aliphatic carbocycles. The normalized spacial score (nSPS) is 10.6. The van der Waals surface area contributed by atoms with Crippen LogP contribution in [0, 0.1) is 0 Å². The number of nitrogens with zero attached hydrogens (tertiary/aromatic N) is 2. The quantitative estimate of drug-likeness (QED) is 0.421. The van der Waals surface area contributed by atoms with Gasteiger partial charge < -0.3 is 10.6 Å². The molecule has 0 aliphatic rings. The number of amides is 2. The highest BCUT2D eigenvalue weighted by atomic mass is 35.5. The first-order valence-corrected chi connectivity index (χ1v) is 11.7. The second kappa shape index (κ2) is 10.8. The van der Waals surface area contributed by atoms with Crippen LogP contribution in [0.3, 0.4) is 0 Å². The Morgan fingerprint density at radius 1 is 0.828 bits per heavy atom. The van der Waals surface area contributed by atoms with Crippen molar-refractivity contribution < 1.29 is 9.59 Å². The molecule has 2 amide bonds. The van der Waals surface area contributed by atoms with Gasteiger partial charge in [0.15, 0.2) is 4.34 Å². The van der Waals surface area contributed by atoms with Gasteiger partial charge in [0.25, 0.3) is 0 Å². The van der Waals surface area contributed by atoms with E-state index < -0.39 is 0 Å². The predicted molar refractivity (Wildman–Crippen MR) is 122 cm³/mol. The van der Waals surface area contributed by atoms with Crippen LogP contribution in [0.15, 0.2) is 58.0 Å². The van der Waals surface area contributed by atoms with Crippen molar-refractivity contribution in [1.82, 2.24) is 9.36 Å². The van der Waals surface area contributed by atoms with E-state index in [-0.39, 0.29) is 23.3 Å². The number of thioether (sulfide) groups is 2. The van der Waals surface area contributed by atoms with Gasteiger partial charge in [0.1, 0.15) is 0 Å². The fraction of sp³-hybridized carbons (Fsp3) is 0.111. The Labute approximate surface area is 190 Å². The molecule has 3 rings (SSSR count). The van der Waals surface area contributed by atoms with Crippen LogP contribution in [0.5, 0.6) is 0 Å². The summed E-state index contributed by atoms with van der Waals surface area (Å²) in [7, 11) is 0. The highest BCUT2D eigenvalue weighted by molar-refractivity contribution is 8.02. The lowest BCUT2D eigenvalue weighted by Crippen LogP contribution is -2.14. The Morgan fingerprint density at radius 2 is 1.31 bits per heavy atom. The molecule has 0 saturated carbocycles. The molecule has 1 aromatic heterocycles. The van der Waals surface area contributed by atoms with E-state index in [2.05, 4.69) is 20.0 Å². The molecule has 0 saturated heterocycles. The maximum Gasteiger partial charge on any atom is 0.234 e. The van der Waals surface area contributed by atoms with Crippen LogP contribution < -0.4 is 10.6 Å². The van der Waals surface area contributed by atoms with E-state index in [9.17, 15) is 9.59 Å². The summed E-state index contributed by atoms with van der Waals surface area (Å²) in [4.78, 5) is 28.3. The Hall–Kier alpha value is -1.78. The zero-order valence-corrected chi connectivity index (χ0v) is 18.7. The highest BCUT2D eigenvalue weighted by Crippen LogP contribution is 2.25. The van der Waals surface area contributed by atoms with Gasteiger partial charge in [-0.25, -0.2) is 4.98 Å². The van der Waals surface area contributed by atoms with Gasteiger partial charge in [0.2, 0.25) is 17.0 Å². The summed E-state index contributed by atoms with van der Waals surface area (Å²) in [5.74, 6) is 0.0761. The Morgan fingerprint density at radius 3 is 1.83 bits per heavy atom. The third kappa shape index (κ3) is 7.52. The average molecular weight is 485 g/mol. The Kier molecular flexibility index (Phi) is 8.19. The van der Waals surface area contributed by atoms with E-state index in [0.29, 0.717) is 30.9 Å². The number of halogens is 2. The second-order valence-electron chi connectivity index (χ2n) is 5.53. The van der Waals surface area contributed by atoms with Crippen molar-refractivity contribution in [3.8, 4) is 0 Å². The van der Waals surface area contributed by atoms with E-state index >= 15 is 0 Å². The molecule has 11 heteroatoms. The lowest BCUT2D eigenvalue weighted by atomic mass is 10.3. The number of hydrogen-bond acceptors (Lipinski definition) is 7. The molecule has 0 bridgehead atoms. The number of hydrogen-bond donors (Lipinski definition) is 2. The first-order valence-electron chi connectivity index (χ1n) is 8.18. The van der Waals surface area contributed by atoms with Crippen LogP contribution in [-0.2, 0) is 9.59 Å². The van der Waals surface area contributed by atoms with Gasteiger partial charge >= 0.3 is 0 Å². The third-order valence-corrected chi connectivity index (χ3v) is 6.60. The zero-order chi connectivity index (χ0) is 20.6. The first kappa shape index (κ1) is 21.9. The molecule has 150 valence electrons. The molecule has 0 unspecified atom stereocenters. The lowest BCUT2D eigenvalue weighted by molar-refractivity contribution is -0.114. The summed E-state index contributed by atoms with van der Waals surface area (Å²) in [6.07, 6.45) is 0. The summed E-state index contributed by atoms with van der Waals surface area (Å²) in [5.41, 5.74) is 1.36. The molecular formula is C18H14Cl2N4O2S3. The van der Waals surface area contributed by atoms with Gasteiger partial charge in [-0.05, 0) is 60.1 Å². The number of nitrogens with one attached hydrogen (secondary N) is 2. The van der Waals surface area contributed by atoms with Gasteiger partial charge in [-0.15, -0.1) is 0 Å². The highest BCUT2D eigenvalue weighted by Gasteiger charge is 2.11. The van der Waals surface area contributed by atoms with Crippen LogP contribution in [0.2, 0.25) is 10.0 Å². The molecule has 0 aliphatic heterocycles. The van der Waals surface area contributed by atoms with Gasteiger partial charge in [0, 0.05) is 21.4 Å². The van der Waals surface area contributed by atoms with Gasteiger partial charge in [0.05, 0.1) is 11.5 Å². The van der Waals surface area contributed by atoms with Gasteiger partial charge in [-0.3, -0.25) is 9.59 Å². The molecule has 0 spiro atoms. The molecule has 2 N–H and O–H groups in total. The monoisotopic (exact) mass is 484 g/mol. The Bertz CT molecular complexity index is 904. The van der Waals surface area contributed by atoms with E-state index in [4.69, 9.17) is 23.2 Å². The number of rotatable bonds is 8. The van der Waals surface area contributed by atoms with E-state index in [0.717, 1.165) is 0 Å². The maximum atomic E-state index is 12.0. The van der Waals surface area contributed by atoms with Crippen molar-refractivity contribution in [3.63, 3.8) is 0 Å². The molecule has 29 heavy (non-hydrogen) atoms. The minimum atomic E-state index is -0.163. The fourth-order valence-corrected chi connectivity index (χ4v) is 4.51. The van der Waals surface area contributed by atoms with E-state index in [1.807, 2.05) is 0 Å². The fourth-order valence-electron chi connectivity index (χ4n) is 2.03. The molecule has 6 nitrogen and oxygen atoms in total. The second-order valence-corrected chi connectivity index (χ2v) is 9.32. The van der Waals surface area contributed by atoms with E-state index in [1.165, 1.54) is 35.1 Å². The summed E-state index contributed by atoms with van der Waals surface area (Å²) in [6, 6.07) is 13.8. The number of aromatic nitrogens is 2. The average Bonchev–Trinajstić information content (AvgIpc) is 3.16. The van der Waals surface area contributed by atoms with Crippen LogP contribution >= 0.6 is 58.3 Å². The molecule has 2 aromatic carbocycles. The van der Waals surface area contributed by atoms with Crippen molar-refractivity contribution in [2.75, 3.05) is 22.1 Å². The van der Waals surface area contributed by atoms with Crippen molar-refractivity contribution in [2.45, 2.75) is 9.50 Å². The van der Waals surface area contributed by atoms with Gasteiger partial charge in [-0.2, -0.15) is 4.37 Å². The molecule has 1 heterocycles. The van der Waals surface area contributed by atoms with Crippen LogP contribution in [0.25, 0.3) is 0 Å². The molecule has 0 atom stereocenters. The van der Waals surface area contributed by atoms with Crippen molar-refractivity contribution in [3.05, 3.63) is 58.6 Å². The predicted octanol–water partition coefficient (Wildman–Crippen LogP) is 5.31. The van der Waals surface area contributed by atoms with Gasteiger partial charge in [-0.1, -0.05) is 46.7 Å². The van der Waals surface area contributed by atoms with Crippen molar-refractivity contribution in [1.29, 1.82) is 0 Å². The standard InChI is InChI=1S/C18H14Cl2N4O2S3/c19-11-1-5-13(6-2-11)21-15(25)9-27-17-23-18(29-24-17)28-10-16(26)22-14-7-3-12(20)4-8-14/h1-8H,9-10H2,(H,21,25)(H,22,26). The SMILES string of the molecule is O=C(CSc1nsc(SCC(=O)Nc2ccc(Cl)cc2)n1)Nc1ccc(Cl)cc1. The van der Waals surface area contributed by atoms with E-state index in [1.54, 1.807) is 48.5 Å². The summed E-state index contributed by atoms with van der Waals surface area (Å²) in [6.45, 7) is 0. The zero-order valence-electron chi connectivity index (χ0n) is 14.7. The minimum absolute atomic E-state index is 0.149. The maximum absolute atomic E-state index is 12.0. The van der Waals surface area contributed by atoms with Crippen LogP contribution in [0.4, 0.5) is 11.4 Å². The smallest absolute Gasteiger partial charge is 0.234 e. The van der Waals surface area contributed by atoms with Crippen LogP contribution in [0.1, 0.15) is 0 Å². The summed E-state index contributed by atoms with van der Waals surface area (Å²) < 4.78 is 4.87. The molecule has 0 radical (unpaired) electrons. The number of carbonyl (C=O) groups excluding carboxylic acids is 2. The molecular weight excluding hydrogens is 471 g/mol.